The van der Waals surface area contributed by atoms with Crippen molar-refractivity contribution in [1.29, 1.82) is 0 Å². The van der Waals surface area contributed by atoms with Crippen molar-refractivity contribution in [3.8, 4) is 11.5 Å². The minimum Gasteiger partial charge on any atom is -0.497 e. The first-order valence-electron chi connectivity index (χ1n) is 10.8. The topological polar surface area (TPSA) is 76.6 Å². The minimum atomic E-state index is -0.231. The van der Waals surface area contributed by atoms with Gasteiger partial charge < -0.3 is 14.8 Å². The zero-order valence-corrected chi connectivity index (χ0v) is 19.4. The first-order chi connectivity index (χ1) is 15.6. The van der Waals surface area contributed by atoms with Crippen LogP contribution in [0.3, 0.4) is 0 Å². The van der Waals surface area contributed by atoms with Gasteiger partial charge in [0.25, 0.3) is 5.91 Å². The van der Waals surface area contributed by atoms with Crippen molar-refractivity contribution in [3.05, 3.63) is 63.6 Å². The normalized spacial score (nSPS) is 16.2. The molecule has 3 aromatic rings. The second-order valence-electron chi connectivity index (χ2n) is 7.74. The Hall–Kier alpha value is -2.97. The lowest BCUT2D eigenvalue weighted by Crippen LogP contribution is -2.23. The maximum Gasteiger partial charge on any atom is 0.286 e. The van der Waals surface area contributed by atoms with E-state index in [4.69, 9.17) is 9.47 Å². The average molecular weight is 453 g/mol. The molecule has 1 amide bonds. The zero-order chi connectivity index (χ0) is 22.5. The Labute approximate surface area is 192 Å². The van der Waals surface area contributed by atoms with Crippen LogP contribution in [0.15, 0.2) is 42.5 Å². The number of aryl methyl sites for hydroxylation is 1. The molecule has 168 valence electrons. The van der Waals surface area contributed by atoms with Crippen molar-refractivity contribution in [2.45, 2.75) is 38.8 Å². The van der Waals surface area contributed by atoms with Crippen LogP contribution < -0.4 is 14.8 Å². The third-order valence-corrected chi connectivity index (χ3v) is 6.69. The number of hydrogen-bond donors (Lipinski definition) is 1. The Morgan fingerprint density at radius 1 is 1.16 bits per heavy atom. The van der Waals surface area contributed by atoms with Crippen molar-refractivity contribution >= 4 is 22.9 Å². The smallest absolute Gasteiger partial charge is 0.286 e. The molecule has 0 bridgehead atoms. The molecular weight excluding hydrogens is 424 g/mol. The molecule has 0 radical (unpaired) electrons. The molecule has 1 aromatic heterocycles. The average Bonchev–Trinajstić information content (AvgIpc) is 3.49. The number of carbonyl (C=O) groups excluding carboxylic acids is 1. The van der Waals surface area contributed by atoms with Gasteiger partial charge in [-0.25, -0.2) is 0 Å². The number of hydrogen-bond acceptors (Lipinski definition) is 7. The third kappa shape index (κ3) is 4.92. The van der Waals surface area contributed by atoms with Gasteiger partial charge in [0, 0.05) is 17.3 Å². The molecule has 1 unspecified atom stereocenters. The molecule has 7 nitrogen and oxygen atoms in total. The van der Waals surface area contributed by atoms with E-state index in [1.54, 1.807) is 14.2 Å². The van der Waals surface area contributed by atoms with Crippen LogP contribution in [0.4, 0.5) is 5.69 Å². The lowest BCUT2D eigenvalue weighted by Gasteiger charge is -2.25. The number of nitrogens with zero attached hydrogens (tertiary/aromatic N) is 3. The Balaban J connectivity index is 1.45. The van der Waals surface area contributed by atoms with Crippen LogP contribution in [0.1, 0.15) is 51.7 Å². The number of methoxy groups -OCH3 is 2. The lowest BCUT2D eigenvalue weighted by atomic mass is 10.0. The predicted molar refractivity (Wildman–Crippen MR) is 126 cm³/mol. The van der Waals surface area contributed by atoms with E-state index in [0.717, 1.165) is 53.6 Å². The van der Waals surface area contributed by atoms with Gasteiger partial charge in [0.2, 0.25) is 5.01 Å². The van der Waals surface area contributed by atoms with E-state index in [9.17, 15) is 4.79 Å². The van der Waals surface area contributed by atoms with Gasteiger partial charge in [0.05, 0.1) is 20.8 Å². The van der Waals surface area contributed by atoms with E-state index in [2.05, 4.69) is 27.3 Å². The molecular formula is C24H28N4O3S. The molecule has 2 aromatic carbocycles. The number of aromatic nitrogens is 2. The van der Waals surface area contributed by atoms with Crippen LogP contribution >= 0.6 is 11.3 Å². The summed E-state index contributed by atoms with van der Waals surface area (Å²) in [7, 11) is 3.36. The summed E-state index contributed by atoms with van der Waals surface area (Å²) in [4.78, 5) is 15.0. The molecule has 1 aliphatic heterocycles. The third-order valence-electron chi connectivity index (χ3n) is 5.78. The summed E-state index contributed by atoms with van der Waals surface area (Å²) in [5.74, 6) is 1.44. The molecule has 0 spiro atoms. The van der Waals surface area contributed by atoms with Gasteiger partial charge in [0.1, 0.15) is 16.5 Å². The van der Waals surface area contributed by atoms with Gasteiger partial charge in [-0.1, -0.05) is 30.4 Å². The Bertz CT molecular complexity index is 1070. The van der Waals surface area contributed by atoms with Crippen LogP contribution in [0.5, 0.6) is 11.5 Å². The van der Waals surface area contributed by atoms with Crippen molar-refractivity contribution < 1.29 is 14.3 Å². The zero-order valence-electron chi connectivity index (χ0n) is 18.6. The highest BCUT2D eigenvalue weighted by molar-refractivity contribution is 7.13. The summed E-state index contributed by atoms with van der Waals surface area (Å²) in [6.07, 6.45) is 3.08. The molecule has 0 aliphatic carbocycles. The molecule has 8 heteroatoms. The van der Waals surface area contributed by atoms with Gasteiger partial charge in [-0.05, 0) is 61.7 Å². The van der Waals surface area contributed by atoms with Crippen molar-refractivity contribution in [2.24, 2.45) is 0 Å². The Morgan fingerprint density at radius 2 is 1.97 bits per heavy atom. The van der Waals surface area contributed by atoms with Gasteiger partial charge >= 0.3 is 0 Å². The minimum absolute atomic E-state index is 0.207. The maximum atomic E-state index is 12.6. The number of nitrogens with one attached hydrogen (secondary N) is 1. The SMILES string of the molecule is CCc1ccc(NC(=O)c2nnc(CN3CCCC3c3cc(OC)ccc3OC)s2)cc1. The fourth-order valence-corrected chi connectivity index (χ4v) is 4.82. The molecule has 0 saturated carbocycles. The van der Waals surface area contributed by atoms with Crippen molar-refractivity contribution in [1.82, 2.24) is 15.1 Å². The standard InChI is InChI=1S/C24H28N4O3S/c1-4-16-7-9-17(10-8-16)25-23(29)24-27-26-22(32-24)15-28-13-5-6-20(28)19-14-18(30-2)11-12-21(19)31-3/h7-12,14,20H,4-6,13,15H2,1-3H3,(H,25,29). The van der Waals surface area contributed by atoms with E-state index >= 15 is 0 Å². The summed E-state index contributed by atoms with van der Waals surface area (Å²) in [5.41, 5.74) is 3.10. The first kappa shape index (κ1) is 22.2. The molecule has 1 saturated heterocycles. The first-order valence-corrected chi connectivity index (χ1v) is 11.6. The number of benzene rings is 2. The second-order valence-corrected chi connectivity index (χ2v) is 8.80. The number of anilines is 1. The molecule has 1 aliphatic rings. The van der Waals surface area contributed by atoms with Crippen LogP contribution in [0, 0.1) is 0 Å². The highest BCUT2D eigenvalue weighted by Gasteiger charge is 2.30. The van der Waals surface area contributed by atoms with Crippen molar-refractivity contribution in [2.75, 3.05) is 26.1 Å². The molecule has 4 rings (SSSR count). The summed E-state index contributed by atoms with van der Waals surface area (Å²) >= 11 is 1.34. The quantitative estimate of drug-likeness (QED) is 0.534. The molecule has 2 heterocycles. The van der Waals surface area contributed by atoms with E-state index < -0.39 is 0 Å². The second kappa shape index (κ2) is 10.1. The Morgan fingerprint density at radius 3 is 2.69 bits per heavy atom. The summed E-state index contributed by atoms with van der Waals surface area (Å²) < 4.78 is 11.0. The molecule has 32 heavy (non-hydrogen) atoms. The number of likely N-dealkylation sites (tertiary alicyclic amines) is 1. The van der Waals surface area contributed by atoms with Gasteiger partial charge in [-0.15, -0.1) is 10.2 Å². The molecule has 1 atom stereocenters. The lowest BCUT2D eigenvalue weighted by molar-refractivity contribution is 0.102. The number of ether oxygens (including phenoxy) is 2. The highest BCUT2D eigenvalue weighted by Crippen LogP contribution is 2.39. The van der Waals surface area contributed by atoms with E-state index in [0.29, 0.717) is 11.6 Å². The van der Waals surface area contributed by atoms with Gasteiger partial charge in [0.15, 0.2) is 0 Å². The Kier molecular flexibility index (Phi) is 7.02. The largest absolute Gasteiger partial charge is 0.497 e. The van der Waals surface area contributed by atoms with Crippen LogP contribution in [-0.4, -0.2) is 41.8 Å². The number of amides is 1. The van der Waals surface area contributed by atoms with Gasteiger partial charge in [-0.2, -0.15) is 0 Å². The van der Waals surface area contributed by atoms with E-state index in [-0.39, 0.29) is 11.9 Å². The van der Waals surface area contributed by atoms with E-state index in [1.165, 1.54) is 16.9 Å². The number of rotatable bonds is 8. The summed E-state index contributed by atoms with van der Waals surface area (Å²) in [6, 6.07) is 14.0. The predicted octanol–water partition coefficient (Wildman–Crippen LogP) is 4.71. The maximum absolute atomic E-state index is 12.6. The molecule has 1 N–H and O–H groups in total. The summed E-state index contributed by atoms with van der Waals surface area (Å²) in [5, 5.41) is 12.5. The fourth-order valence-electron chi connectivity index (χ4n) is 4.06. The van der Waals surface area contributed by atoms with Crippen LogP contribution in [0.2, 0.25) is 0 Å². The summed E-state index contributed by atoms with van der Waals surface area (Å²) in [6.45, 7) is 3.70. The van der Waals surface area contributed by atoms with Crippen LogP contribution in [0.25, 0.3) is 0 Å². The monoisotopic (exact) mass is 452 g/mol. The fraction of sp³-hybridized carbons (Fsp3) is 0.375. The van der Waals surface area contributed by atoms with Crippen LogP contribution in [-0.2, 0) is 13.0 Å². The van der Waals surface area contributed by atoms with Gasteiger partial charge in [-0.3, -0.25) is 9.69 Å². The highest BCUT2D eigenvalue weighted by atomic mass is 32.1. The van der Waals surface area contributed by atoms with Crippen molar-refractivity contribution in [3.63, 3.8) is 0 Å². The van der Waals surface area contributed by atoms with E-state index in [1.807, 2.05) is 42.5 Å². The molecule has 1 fully saturated rings. The number of carbonyl (C=O) groups is 1.